The zero-order chi connectivity index (χ0) is 18.6. The monoisotopic (exact) mass is 426 g/mol. The van der Waals surface area contributed by atoms with E-state index in [1.54, 1.807) is 37.3 Å². The molecule has 2 aromatic carbocycles. The molecule has 0 spiro atoms. The van der Waals surface area contributed by atoms with Gasteiger partial charge in [0.2, 0.25) is 15.9 Å². The second kappa shape index (κ2) is 7.99. The molecule has 0 saturated heterocycles. The lowest BCUT2D eigenvalue weighted by Gasteiger charge is -2.15. The number of halogens is 1. The predicted molar refractivity (Wildman–Crippen MR) is 100 cm³/mol. The van der Waals surface area contributed by atoms with Gasteiger partial charge in [0.1, 0.15) is 5.75 Å². The van der Waals surface area contributed by atoms with Crippen molar-refractivity contribution in [2.24, 2.45) is 0 Å². The lowest BCUT2D eigenvalue weighted by molar-refractivity contribution is -0.117. The first-order valence-corrected chi connectivity index (χ1v) is 9.74. The number of hydrogen-bond donors (Lipinski definition) is 2. The third-order valence-corrected chi connectivity index (χ3v) is 5.58. The molecule has 6 nitrogen and oxygen atoms in total. The topological polar surface area (TPSA) is 84.5 Å². The Kier molecular flexibility index (Phi) is 6.21. The lowest BCUT2D eigenvalue weighted by Crippen LogP contribution is -2.41. The summed E-state index contributed by atoms with van der Waals surface area (Å²) in [6.45, 7) is 3.24. The summed E-state index contributed by atoms with van der Waals surface area (Å²) >= 11 is 3.31. The minimum Gasteiger partial charge on any atom is -0.496 e. The summed E-state index contributed by atoms with van der Waals surface area (Å²) in [5.74, 6) is 0.149. The van der Waals surface area contributed by atoms with Crippen LogP contribution in [0.25, 0.3) is 0 Å². The molecular formula is C17H19BrN2O4S. The normalized spacial score (nSPS) is 12.5. The minimum atomic E-state index is -3.82. The Labute approximate surface area is 155 Å². The van der Waals surface area contributed by atoms with E-state index in [-0.39, 0.29) is 4.90 Å². The highest BCUT2D eigenvalue weighted by atomic mass is 79.9. The van der Waals surface area contributed by atoms with Gasteiger partial charge in [-0.25, -0.2) is 8.42 Å². The highest BCUT2D eigenvalue weighted by Crippen LogP contribution is 2.21. The largest absolute Gasteiger partial charge is 0.496 e. The number of amides is 1. The van der Waals surface area contributed by atoms with Crippen molar-refractivity contribution in [1.82, 2.24) is 4.72 Å². The van der Waals surface area contributed by atoms with Crippen LogP contribution in [0.3, 0.4) is 0 Å². The average Bonchev–Trinajstić information content (AvgIpc) is 2.56. The van der Waals surface area contributed by atoms with Crippen molar-refractivity contribution in [1.29, 1.82) is 0 Å². The molecule has 0 fully saturated rings. The summed E-state index contributed by atoms with van der Waals surface area (Å²) in [5, 5.41) is 2.67. The number of hydrogen-bond acceptors (Lipinski definition) is 4. The fraction of sp³-hybridized carbons (Fsp3) is 0.235. The van der Waals surface area contributed by atoms with E-state index >= 15 is 0 Å². The molecule has 0 saturated carbocycles. The number of methoxy groups -OCH3 is 1. The zero-order valence-electron chi connectivity index (χ0n) is 14.0. The average molecular weight is 427 g/mol. The van der Waals surface area contributed by atoms with E-state index in [1.807, 2.05) is 0 Å². The Hall–Kier alpha value is -1.90. The van der Waals surface area contributed by atoms with Gasteiger partial charge < -0.3 is 10.1 Å². The Bertz CT molecular complexity index is 867. The van der Waals surface area contributed by atoms with Gasteiger partial charge in [0.05, 0.1) is 18.0 Å². The Balaban J connectivity index is 2.09. The molecule has 0 unspecified atom stereocenters. The van der Waals surface area contributed by atoms with Crippen molar-refractivity contribution in [3.05, 3.63) is 52.5 Å². The third kappa shape index (κ3) is 5.04. The van der Waals surface area contributed by atoms with Crippen molar-refractivity contribution < 1.29 is 17.9 Å². The predicted octanol–water partition coefficient (Wildman–Crippen LogP) is 3.07. The number of aryl methyl sites for hydroxylation is 1. The highest BCUT2D eigenvalue weighted by molar-refractivity contribution is 9.10. The van der Waals surface area contributed by atoms with Crippen LogP contribution in [-0.4, -0.2) is 27.5 Å². The smallest absolute Gasteiger partial charge is 0.242 e. The molecule has 1 atom stereocenters. The SMILES string of the molecule is COc1ccc(S(=O)(=O)N[C@@H](C)C(=O)Nc2ccc(Br)cc2)cc1C. The number of carbonyl (C=O) groups excluding carboxylic acids is 1. The van der Waals surface area contributed by atoms with Gasteiger partial charge in [-0.15, -0.1) is 0 Å². The molecule has 8 heteroatoms. The molecule has 0 heterocycles. The molecule has 0 aliphatic rings. The van der Waals surface area contributed by atoms with Crippen LogP contribution >= 0.6 is 15.9 Å². The van der Waals surface area contributed by atoms with E-state index in [1.165, 1.54) is 26.2 Å². The maximum Gasteiger partial charge on any atom is 0.242 e. The first kappa shape index (κ1) is 19.4. The van der Waals surface area contributed by atoms with Crippen LogP contribution in [0.2, 0.25) is 0 Å². The number of rotatable bonds is 6. The van der Waals surface area contributed by atoms with Gasteiger partial charge in [-0.2, -0.15) is 4.72 Å². The third-order valence-electron chi connectivity index (χ3n) is 3.51. The van der Waals surface area contributed by atoms with E-state index in [9.17, 15) is 13.2 Å². The van der Waals surface area contributed by atoms with E-state index in [0.717, 1.165) is 4.47 Å². The molecular weight excluding hydrogens is 408 g/mol. The zero-order valence-corrected chi connectivity index (χ0v) is 16.4. The van der Waals surface area contributed by atoms with Gasteiger partial charge in [-0.3, -0.25) is 4.79 Å². The summed E-state index contributed by atoms with van der Waals surface area (Å²) in [4.78, 5) is 12.3. The number of nitrogens with one attached hydrogen (secondary N) is 2. The second-order valence-electron chi connectivity index (χ2n) is 5.47. The Morgan fingerprint density at radius 3 is 2.36 bits per heavy atom. The number of carbonyl (C=O) groups is 1. The number of anilines is 1. The van der Waals surface area contributed by atoms with Crippen LogP contribution in [0.5, 0.6) is 5.75 Å². The summed E-state index contributed by atoms with van der Waals surface area (Å²) < 4.78 is 33.3. The number of ether oxygens (including phenoxy) is 1. The summed E-state index contributed by atoms with van der Waals surface area (Å²) in [5.41, 5.74) is 1.27. The van der Waals surface area contributed by atoms with E-state index in [4.69, 9.17) is 4.74 Å². The van der Waals surface area contributed by atoms with Crippen LogP contribution in [0.4, 0.5) is 5.69 Å². The van der Waals surface area contributed by atoms with Gasteiger partial charge in [-0.05, 0) is 61.9 Å². The number of benzene rings is 2. The second-order valence-corrected chi connectivity index (χ2v) is 8.10. The molecule has 0 radical (unpaired) electrons. The molecule has 0 aromatic heterocycles. The van der Waals surface area contributed by atoms with Gasteiger partial charge in [0.15, 0.2) is 0 Å². The summed E-state index contributed by atoms with van der Waals surface area (Å²) in [6, 6.07) is 10.6. The molecule has 0 aliphatic carbocycles. The van der Waals surface area contributed by atoms with E-state index in [2.05, 4.69) is 26.0 Å². The number of sulfonamides is 1. The van der Waals surface area contributed by atoms with Crippen molar-refractivity contribution in [3.8, 4) is 5.75 Å². The Morgan fingerprint density at radius 2 is 1.80 bits per heavy atom. The molecule has 25 heavy (non-hydrogen) atoms. The standard InChI is InChI=1S/C17H19BrN2O4S/c1-11-10-15(8-9-16(11)24-3)25(22,23)20-12(2)17(21)19-14-6-4-13(18)5-7-14/h4-10,12,20H,1-3H3,(H,19,21)/t12-/m0/s1. The van der Waals surface area contributed by atoms with E-state index < -0.39 is 22.0 Å². The molecule has 1 amide bonds. The van der Waals surface area contributed by atoms with Crippen molar-refractivity contribution in [3.63, 3.8) is 0 Å². The van der Waals surface area contributed by atoms with E-state index in [0.29, 0.717) is 17.0 Å². The molecule has 0 aliphatic heterocycles. The van der Waals surface area contributed by atoms with Gasteiger partial charge in [0.25, 0.3) is 0 Å². The highest BCUT2D eigenvalue weighted by Gasteiger charge is 2.22. The lowest BCUT2D eigenvalue weighted by atomic mass is 10.2. The van der Waals surface area contributed by atoms with Crippen LogP contribution in [-0.2, 0) is 14.8 Å². The van der Waals surface area contributed by atoms with Crippen LogP contribution in [0.15, 0.2) is 51.8 Å². The summed E-state index contributed by atoms with van der Waals surface area (Å²) in [7, 11) is -2.31. The minimum absolute atomic E-state index is 0.0779. The molecule has 2 rings (SSSR count). The maximum absolute atomic E-state index is 12.5. The molecule has 0 bridgehead atoms. The van der Waals surface area contributed by atoms with Gasteiger partial charge in [0, 0.05) is 10.2 Å². The molecule has 2 N–H and O–H groups in total. The van der Waals surface area contributed by atoms with Crippen molar-refractivity contribution in [2.75, 3.05) is 12.4 Å². The summed E-state index contributed by atoms with van der Waals surface area (Å²) in [6.07, 6.45) is 0. The molecule has 2 aromatic rings. The van der Waals surface area contributed by atoms with Crippen LogP contribution < -0.4 is 14.8 Å². The Morgan fingerprint density at radius 1 is 1.16 bits per heavy atom. The van der Waals surface area contributed by atoms with Gasteiger partial charge >= 0.3 is 0 Å². The maximum atomic E-state index is 12.5. The fourth-order valence-corrected chi connectivity index (χ4v) is 3.71. The first-order chi connectivity index (χ1) is 11.7. The quantitative estimate of drug-likeness (QED) is 0.742. The van der Waals surface area contributed by atoms with Crippen LogP contribution in [0.1, 0.15) is 12.5 Å². The molecule has 134 valence electrons. The van der Waals surface area contributed by atoms with Crippen molar-refractivity contribution >= 4 is 37.5 Å². The van der Waals surface area contributed by atoms with Crippen molar-refractivity contribution in [2.45, 2.75) is 24.8 Å². The first-order valence-electron chi connectivity index (χ1n) is 7.46. The van der Waals surface area contributed by atoms with Gasteiger partial charge in [-0.1, -0.05) is 15.9 Å². The fourth-order valence-electron chi connectivity index (χ4n) is 2.16. The van der Waals surface area contributed by atoms with Crippen LogP contribution in [0, 0.1) is 6.92 Å².